The number of nitrogens with zero attached hydrogens (tertiary/aromatic N) is 2. The summed E-state index contributed by atoms with van der Waals surface area (Å²) in [5.74, 6) is -0.108. The molecule has 1 aromatic heterocycles. The van der Waals surface area contributed by atoms with Gasteiger partial charge in [-0.2, -0.15) is 0 Å². The molecular weight excluding hydrogens is 388 g/mol. The molecule has 150 valence electrons. The summed E-state index contributed by atoms with van der Waals surface area (Å²) in [5, 5.41) is 9.75. The van der Waals surface area contributed by atoms with Gasteiger partial charge in [-0.3, -0.25) is 14.2 Å². The van der Waals surface area contributed by atoms with Gasteiger partial charge >= 0.3 is 5.69 Å². The van der Waals surface area contributed by atoms with E-state index >= 15 is 0 Å². The minimum Gasteiger partial charge on any atom is -0.322 e. The highest BCUT2D eigenvalue weighted by molar-refractivity contribution is 7.99. The van der Waals surface area contributed by atoms with Crippen LogP contribution in [0.25, 0.3) is 0 Å². The van der Waals surface area contributed by atoms with Crippen molar-refractivity contribution >= 4 is 29.1 Å². The van der Waals surface area contributed by atoms with Crippen LogP contribution in [0.15, 0.2) is 64.5 Å². The lowest BCUT2D eigenvalue weighted by Gasteiger charge is -2.07. The summed E-state index contributed by atoms with van der Waals surface area (Å²) in [6.07, 6.45) is 1.84. The number of carbonyl (C=O) groups is 2. The Balaban J connectivity index is 1.58. The molecule has 0 spiro atoms. The van der Waals surface area contributed by atoms with Crippen LogP contribution in [-0.2, 0) is 6.54 Å². The number of aromatic nitrogens is 3. The van der Waals surface area contributed by atoms with Gasteiger partial charge in [0.05, 0.1) is 5.75 Å². The number of aromatic amines is 1. The van der Waals surface area contributed by atoms with E-state index in [0.717, 1.165) is 12.8 Å². The summed E-state index contributed by atoms with van der Waals surface area (Å²) in [7, 11) is 0. The van der Waals surface area contributed by atoms with Gasteiger partial charge in [-0.05, 0) is 42.8 Å². The molecular formula is C21H22N4O3S. The molecule has 2 N–H and O–H groups in total. The van der Waals surface area contributed by atoms with Gasteiger partial charge < -0.3 is 5.32 Å². The average molecular weight is 410 g/mol. The second-order valence-electron chi connectivity index (χ2n) is 6.43. The number of rotatable bonds is 9. The fourth-order valence-electron chi connectivity index (χ4n) is 2.67. The Kier molecular flexibility index (Phi) is 7.02. The number of benzene rings is 2. The van der Waals surface area contributed by atoms with Gasteiger partial charge in [-0.15, -0.1) is 5.10 Å². The first-order valence-corrected chi connectivity index (χ1v) is 10.3. The number of hydrogen-bond acceptors (Lipinski definition) is 5. The number of unbranched alkanes of at least 4 members (excludes halogenated alkanes) is 1. The topological polar surface area (TPSA) is 96.8 Å². The van der Waals surface area contributed by atoms with Crippen LogP contribution >= 0.6 is 11.8 Å². The molecule has 3 aromatic rings. The summed E-state index contributed by atoms with van der Waals surface area (Å²) in [6, 6.07) is 15.7. The van der Waals surface area contributed by atoms with E-state index in [1.54, 1.807) is 53.1 Å². The zero-order valence-electron chi connectivity index (χ0n) is 16.1. The number of hydrogen-bond donors (Lipinski definition) is 2. The number of carbonyl (C=O) groups excluding carboxylic acids is 2. The van der Waals surface area contributed by atoms with Crippen molar-refractivity contribution in [1.29, 1.82) is 0 Å². The van der Waals surface area contributed by atoms with Crippen LogP contribution in [0.3, 0.4) is 0 Å². The van der Waals surface area contributed by atoms with Gasteiger partial charge in [0.25, 0.3) is 5.91 Å². The average Bonchev–Trinajstić information content (AvgIpc) is 3.11. The van der Waals surface area contributed by atoms with Crippen molar-refractivity contribution in [3.63, 3.8) is 0 Å². The molecule has 0 saturated heterocycles. The van der Waals surface area contributed by atoms with Gasteiger partial charge in [0.2, 0.25) is 0 Å². The molecule has 8 heteroatoms. The Labute approximate surface area is 172 Å². The Morgan fingerprint density at radius 2 is 1.79 bits per heavy atom. The largest absolute Gasteiger partial charge is 0.343 e. The highest BCUT2D eigenvalue weighted by atomic mass is 32.2. The van der Waals surface area contributed by atoms with Gasteiger partial charge in [0.15, 0.2) is 10.9 Å². The molecule has 29 heavy (non-hydrogen) atoms. The number of anilines is 1. The zero-order chi connectivity index (χ0) is 20.6. The number of amides is 1. The van der Waals surface area contributed by atoms with E-state index in [2.05, 4.69) is 15.5 Å². The maximum atomic E-state index is 12.5. The fourth-order valence-corrected chi connectivity index (χ4v) is 3.54. The highest BCUT2D eigenvalue weighted by Crippen LogP contribution is 2.18. The van der Waals surface area contributed by atoms with Crippen LogP contribution in [0.4, 0.5) is 5.69 Å². The zero-order valence-corrected chi connectivity index (χ0v) is 16.9. The summed E-state index contributed by atoms with van der Waals surface area (Å²) >= 11 is 1.23. The lowest BCUT2D eigenvalue weighted by molar-refractivity contribution is 0.101. The van der Waals surface area contributed by atoms with Crippen LogP contribution in [0.1, 0.15) is 40.5 Å². The van der Waals surface area contributed by atoms with Crippen LogP contribution in [0, 0.1) is 0 Å². The Morgan fingerprint density at radius 3 is 2.48 bits per heavy atom. The van der Waals surface area contributed by atoms with Crippen LogP contribution in [0.2, 0.25) is 0 Å². The molecule has 1 heterocycles. The maximum Gasteiger partial charge on any atom is 0.343 e. The van der Waals surface area contributed by atoms with Crippen molar-refractivity contribution in [2.75, 3.05) is 11.1 Å². The lowest BCUT2D eigenvalue weighted by Crippen LogP contribution is -2.18. The third-order valence-corrected chi connectivity index (χ3v) is 5.27. The van der Waals surface area contributed by atoms with Gasteiger partial charge in [0, 0.05) is 23.4 Å². The van der Waals surface area contributed by atoms with E-state index in [4.69, 9.17) is 0 Å². The molecule has 1 amide bonds. The molecule has 0 unspecified atom stereocenters. The molecule has 0 fully saturated rings. The highest BCUT2D eigenvalue weighted by Gasteiger charge is 2.13. The number of ketones is 1. The molecule has 2 aromatic carbocycles. The van der Waals surface area contributed by atoms with E-state index in [-0.39, 0.29) is 23.1 Å². The molecule has 0 radical (unpaired) electrons. The van der Waals surface area contributed by atoms with E-state index in [1.807, 2.05) is 13.0 Å². The van der Waals surface area contributed by atoms with Gasteiger partial charge in [0.1, 0.15) is 0 Å². The van der Waals surface area contributed by atoms with E-state index in [1.165, 1.54) is 11.8 Å². The van der Waals surface area contributed by atoms with Gasteiger partial charge in [-0.25, -0.2) is 9.89 Å². The Morgan fingerprint density at radius 1 is 1.07 bits per heavy atom. The molecule has 0 bridgehead atoms. The summed E-state index contributed by atoms with van der Waals surface area (Å²) in [5.41, 5.74) is 1.46. The molecule has 7 nitrogen and oxygen atoms in total. The number of H-pyrrole nitrogens is 1. The number of nitrogens with one attached hydrogen (secondary N) is 2. The predicted octanol–water partition coefficient (Wildman–Crippen LogP) is 3.60. The Bertz CT molecular complexity index is 1030. The summed E-state index contributed by atoms with van der Waals surface area (Å²) in [4.78, 5) is 36.5. The van der Waals surface area contributed by atoms with Crippen molar-refractivity contribution in [1.82, 2.24) is 14.8 Å². The van der Waals surface area contributed by atoms with E-state index in [9.17, 15) is 14.4 Å². The van der Waals surface area contributed by atoms with Crippen LogP contribution in [-0.4, -0.2) is 32.2 Å². The minimum absolute atomic E-state index is 0.0755. The predicted molar refractivity (Wildman–Crippen MR) is 114 cm³/mol. The third kappa shape index (κ3) is 5.45. The van der Waals surface area contributed by atoms with Crippen molar-refractivity contribution in [3.05, 3.63) is 76.2 Å². The molecule has 0 aliphatic heterocycles. The maximum absolute atomic E-state index is 12.5. The second kappa shape index (κ2) is 9.88. The van der Waals surface area contributed by atoms with Gasteiger partial charge in [-0.1, -0.05) is 43.3 Å². The Hall–Kier alpha value is -3.13. The van der Waals surface area contributed by atoms with Crippen molar-refractivity contribution in [3.8, 4) is 0 Å². The monoisotopic (exact) mass is 410 g/mol. The summed E-state index contributed by atoms with van der Waals surface area (Å²) < 4.78 is 1.56. The molecule has 0 atom stereocenters. The minimum atomic E-state index is -0.257. The van der Waals surface area contributed by atoms with E-state index < -0.39 is 0 Å². The first-order valence-electron chi connectivity index (χ1n) is 9.36. The SMILES string of the molecule is CCCCn1c(SCC(=O)c2ccc(NC(=O)c3ccccc3)cc2)n[nH]c1=O. The lowest BCUT2D eigenvalue weighted by atomic mass is 10.1. The first-order chi connectivity index (χ1) is 14.1. The summed E-state index contributed by atoms with van der Waals surface area (Å²) in [6.45, 7) is 2.63. The quantitative estimate of drug-likeness (QED) is 0.415. The fraction of sp³-hybridized carbons (Fsp3) is 0.238. The van der Waals surface area contributed by atoms with Crippen molar-refractivity contribution in [2.45, 2.75) is 31.5 Å². The van der Waals surface area contributed by atoms with Crippen molar-refractivity contribution in [2.24, 2.45) is 0 Å². The molecule has 0 saturated carbocycles. The third-order valence-electron chi connectivity index (χ3n) is 4.29. The number of thioether (sulfide) groups is 1. The van der Waals surface area contributed by atoms with E-state index in [0.29, 0.717) is 28.5 Å². The van der Waals surface area contributed by atoms with Crippen LogP contribution in [0.5, 0.6) is 0 Å². The first kappa shape index (κ1) is 20.6. The number of Topliss-reactive ketones (excluding diaryl/α,β-unsaturated/α-hetero) is 1. The second-order valence-corrected chi connectivity index (χ2v) is 7.37. The van der Waals surface area contributed by atoms with Crippen molar-refractivity contribution < 1.29 is 9.59 Å². The normalized spacial score (nSPS) is 10.7. The smallest absolute Gasteiger partial charge is 0.322 e. The molecule has 3 rings (SSSR count). The molecule has 0 aliphatic carbocycles. The van der Waals surface area contributed by atoms with Crippen LogP contribution < -0.4 is 11.0 Å². The molecule has 0 aliphatic rings. The standard InChI is InChI=1S/C21H22N4O3S/c1-2-3-13-25-20(28)23-24-21(25)29-14-18(26)15-9-11-17(12-10-15)22-19(27)16-7-5-4-6-8-16/h4-12H,2-3,13-14H2,1H3,(H,22,27)(H,23,28).